The van der Waals surface area contributed by atoms with E-state index in [0.717, 1.165) is 89.9 Å². The molecule has 0 saturated heterocycles. The molecule has 30 heteroatoms. The Bertz CT molecular complexity index is 2890. The first-order chi connectivity index (χ1) is 60.6. The maximum Gasteiger partial charge on any atom is 0.311 e. The number of carbonyl (C=O) groups is 15. The normalized spacial score (nSPS) is 11.3. The minimum Gasteiger partial charge on any atom is -0.481 e. The predicted molar refractivity (Wildman–Crippen MR) is 473 cm³/mol. The van der Waals surface area contributed by atoms with E-state index in [1.54, 1.807) is 0 Å². The topological polar surface area (TPSA) is 406 Å². The van der Waals surface area contributed by atoms with E-state index in [1.807, 2.05) is 41.5 Å². The van der Waals surface area contributed by atoms with E-state index < -0.39 is 16.8 Å². The molecule has 1 unspecified atom stereocenters. The van der Waals surface area contributed by atoms with E-state index in [4.69, 9.17) is 71.4 Å². The van der Waals surface area contributed by atoms with Gasteiger partial charge in [-0.3, -0.25) is 71.9 Å². The van der Waals surface area contributed by atoms with Crippen molar-refractivity contribution < 1.29 is 143 Å². The van der Waals surface area contributed by atoms with Crippen LogP contribution in [-0.4, -0.2) is 187 Å². The van der Waals surface area contributed by atoms with Gasteiger partial charge in [-0.1, -0.05) is 47.0 Å². The van der Waals surface area contributed by atoms with Crippen LogP contribution in [0.3, 0.4) is 0 Å². The summed E-state index contributed by atoms with van der Waals surface area (Å²) in [4.78, 5) is 178. The van der Waals surface area contributed by atoms with Crippen molar-refractivity contribution in [3.63, 3.8) is 0 Å². The summed E-state index contributed by atoms with van der Waals surface area (Å²) in [5.74, 6) is -4.02. The van der Waals surface area contributed by atoms with Gasteiger partial charge in [0.1, 0.15) is 0 Å². The van der Waals surface area contributed by atoms with E-state index >= 15 is 0 Å². The lowest BCUT2D eigenvalue weighted by molar-refractivity contribution is -0.155. The number of carboxylic acids is 1. The van der Waals surface area contributed by atoms with Crippen LogP contribution >= 0.6 is 0 Å². The highest BCUT2D eigenvalue weighted by Gasteiger charge is 2.28. The second-order valence-corrected chi connectivity index (χ2v) is 33.5. The molecule has 0 bridgehead atoms. The SMILES string of the molecule is CCC(C)(C)C(=O)OCCCCCC(=O)OCCCCCC(=O)O.CCCCC(CC)COC(=O)CCCCCOC(=O)CCCCCOC(=O)CCCCCOC(=O)CCCCCOC(=O)CCCCCOC(=O)CCCCCOC(=O)CCCCCOC(=O)CCCCCOC(=O)CCCCCOC(=O)CCCCCOC(=O)CCCOC(=O)C(C)(C)CC. The maximum absolute atomic E-state index is 12.1. The highest BCUT2D eigenvalue weighted by molar-refractivity contribution is 5.77. The molecule has 1 N–H and O–H groups in total. The molecule has 0 amide bonds. The van der Waals surface area contributed by atoms with E-state index in [2.05, 4.69) is 13.8 Å². The summed E-state index contributed by atoms with van der Waals surface area (Å²) in [7, 11) is 0. The molecular weight excluding hydrogens is 1630 g/mol. The second kappa shape index (κ2) is 85.2. The van der Waals surface area contributed by atoms with Crippen LogP contribution in [0.25, 0.3) is 0 Å². The fourth-order valence-corrected chi connectivity index (χ4v) is 11.8. The molecule has 0 aliphatic rings. The van der Waals surface area contributed by atoms with E-state index in [9.17, 15) is 71.9 Å². The third-order valence-corrected chi connectivity index (χ3v) is 21.1. The van der Waals surface area contributed by atoms with Crippen molar-refractivity contribution >= 4 is 89.5 Å². The van der Waals surface area contributed by atoms with Gasteiger partial charge in [0, 0.05) is 83.5 Å². The average molecular weight is 1800 g/mol. The summed E-state index contributed by atoms with van der Waals surface area (Å²) in [5, 5.41) is 8.49. The Labute approximate surface area is 753 Å². The Kier molecular flexibility index (Phi) is 81.2. The molecule has 0 spiro atoms. The van der Waals surface area contributed by atoms with Gasteiger partial charge < -0.3 is 71.4 Å². The summed E-state index contributed by atoms with van der Waals surface area (Å²) in [6.07, 6.45) is 34.4. The summed E-state index contributed by atoms with van der Waals surface area (Å²) in [6, 6.07) is 0. The molecule has 0 radical (unpaired) electrons. The number of carboxylic acid groups (broad SMARTS) is 1. The fraction of sp³-hybridized carbons (Fsp3) is 0.844. The van der Waals surface area contributed by atoms with Gasteiger partial charge in [-0.25, -0.2) is 0 Å². The molecule has 730 valence electrons. The van der Waals surface area contributed by atoms with Gasteiger partial charge in [0.15, 0.2) is 0 Å². The molecule has 0 rings (SSSR count). The number of hydrogen-bond acceptors (Lipinski definition) is 29. The van der Waals surface area contributed by atoms with Gasteiger partial charge in [-0.15, -0.1) is 0 Å². The lowest BCUT2D eigenvalue weighted by atomic mass is 9.91. The number of hydrogen-bond donors (Lipinski definition) is 1. The third-order valence-electron chi connectivity index (χ3n) is 21.1. The largest absolute Gasteiger partial charge is 0.481 e. The number of unbranched alkanes of at least 4 members (excludes halogenated alkanes) is 25. The standard InChI is InChI=1S/C78H134O24.C18H32O6/c1-6-9-41-65(7-2)64-102-76(89)51-29-19-39-61-99-74(87)49-27-17-37-59-97-72(85)47-25-15-35-57-95-70(83)45-23-13-33-55-93-68(81)43-21-11-31-53-91-66(79)42-20-10-30-54-92-67(80)44-22-12-32-56-94-69(82)46-24-14-34-58-96-71(84)48-26-16-36-60-98-73(86)50-28-18-38-62-100-75(88)52-40-63-101-77(90)78(4,5)8-3;1-4-18(2,3)17(22)24-14-10-6-8-12-16(21)23-13-9-5-7-11-15(19)20/h65H,6-64H2,1-5H3;4-14H2,1-3H3,(H,19,20). The first-order valence-electron chi connectivity index (χ1n) is 48.0. The molecule has 0 aliphatic carbocycles. The minimum atomic E-state index is -0.795. The Morgan fingerprint density at radius 2 is 0.373 bits per heavy atom. The monoisotopic (exact) mass is 1800 g/mol. The van der Waals surface area contributed by atoms with Gasteiger partial charge in [0.2, 0.25) is 0 Å². The van der Waals surface area contributed by atoms with Crippen LogP contribution in [0.1, 0.15) is 415 Å². The molecule has 126 heavy (non-hydrogen) atoms. The lowest BCUT2D eigenvalue weighted by Crippen LogP contribution is -2.26. The van der Waals surface area contributed by atoms with Gasteiger partial charge in [-0.05, 0) is 290 Å². The van der Waals surface area contributed by atoms with Crippen molar-refractivity contribution in [2.45, 2.75) is 415 Å². The Morgan fingerprint density at radius 3 is 0.548 bits per heavy atom. The smallest absolute Gasteiger partial charge is 0.311 e. The highest BCUT2D eigenvalue weighted by Crippen LogP contribution is 2.24. The molecule has 0 fully saturated rings. The van der Waals surface area contributed by atoms with Crippen LogP contribution in [0.4, 0.5) is 0 Å². The van der Waals surface area contributed by atoms with Gasteiger partial charge in [-0.2, -0.15) is 0 Å². The number of rotatable bonds is 86. The van der Waals surface area contributed by atoms with Crippen LogP contribution in [-0.2, 0) is 138 Å². The predicted octanol–water partition coefficient (Wildman–Crippen LogP) is 19.3. The quantitative estimate of drug-likeness (QED) is 0.0336. The van der Waals surface area contributed by atoms with Crippen LogP contribution in [0.15, 0.2) is 0 Å². The second-order valence-electron chi connectivity index (χ2n) is 33.5. The molecule has 0 aliphatic heterocycles. The van der Waals surface area contributed by atoms with Crippen LogP contribution in [0.5, 0.6) is 0 Å². The average Bonchev–Trinajstić information content (AvgIpc) is 0.901. The zero-order chi connectivity index (χ0) is 93.6. The number of carbonyl (C=O) groups excluding carboxylic acids is 14. The summed E-state index contributed by atoms with van der Waals surface area (Å²) >= 11 is 0. The first-order valence-corrected chi connectivity index (χ1v) is 48.0. The van der Waals surface area contributed by atoms with E-state index in [1.165, 1.54) is 0 Å². The molecule has 0 saturated carbocycles. The maximum atomic E-state index is 12.1. The van der Waals surface area contributed by atoms with Crippen molar-refractivity contribution in [2.75, 3.05) is 92.5 Å². The summed E-state index contributed by atoms with van der Waals surface area (Å²) in [6.45, 7) is 19.9. The third kappa shape index (κ3) is 83.0. The first kappa shape index (κ1) is 120. The molecule has 1 atom stereocenters. The van der Waals surface area contributed by atoms with Gasteiger partial charge in [0.25, 0.3) is 0 Å². The number of esters is 14. The molecular formula is C96H166O30. The highest BCUT2D eigenvalue weighted by atomic mass is 16.6. The zero-order valence-corrected chi connectivity index (χ0v) is 78.9. The summed E-state index contributed by atoms with van der Waals surface area (Å²) in [5.41, 5.74) is -0.975. The summed E-state index contributed by atoms with van der Waals surface area (Å²) < 4.78 is 73.9. The lowest BCUT2D eigenvalue weighted by Gasteiger charge is -2.20. The molecule has 0 aromatic rings. The van der Waals surface area contributed by atoms with Crippen molar-refractivity contribution in [1.29, 1.82) is 0 Å². The van der Waals surface area contributed by atoms with Gasteiger partial charge >= 0.3 is 89.5 Å². The number of ether oxygens (including phenoxy) is 14. The van der Waals surface area contributed by atoms with Crippen molar-refractivity contribution in [3.05, 3.63) is 0 Å². The van der Waals surface area contributed by atoms with E-state index in [0.29, 0.717) is 257 Å². The van der Waals surface area contributed by atoms with Crippen LogP contribution in [0, 0.1) is 16.7 Å². The van der Waals surface area contributed by atoms with Crippen molar-refractivity contribution in [1.82, 2.24) is 0 Å². The zero-order valence-electron chi connectivity index (χ0n) is 78.9. The fourth-order valence-electron chi connectivity index (χ4n) is 11.8. The van der Waals surface area contributed by atoms with Crippen LogP contribution < -0.4 is 0 Å². The van der Waals surface area contributed by atoms with Crippen LogP contribution in [0.2, 0.25) is 0 Å². The molecule has 0 heterocycles. The Balaban J connectivity index is 0. The number of aliphatic carboxylic acids is 1. The molecule has 0 aromatic carbocycles. The molecule has 0 aromatic heterocycles. The molecule has 30 nitrogen and oxygen atoms in total. The van der Waals surface area contributed by atoms with Gasteiger partial charge in [0.05, 0.1) is 103 Å². The Morgan fingerprint density at radius 1 is 0.206 bits per heavy atom. The van der Waals surface area contributed by atoms with Crippen molar-refractivity contribution in [3.8, 4) is 0 Å². The minimum absolute atomic E-state index is 0.158. The Hall–Kier alpha value is -7.95. The van der Waals surface area contributed by atoms with E-state index in [-0.39, 0.29) is 194 Å². The van der Waals surface area contributed by atoms with Crippen molar-refractivity contribution in [2.24, 2.45) is 16.7 Å².